The Hall–Kier alpha value is -1.26. The van der Waals surface area contributed by atoms with Gasteiger partial charge in [-0.05, 0) is 30.0 Å². The van der Waals surface area contributed by atoms with Crippen molar-refractivity contribution in [3.05, 3.63) is 29.6 Å². The number of hydrogen-bond donors (Lipinski definition) is 0. The van der Waals surface area contributed by atoms with E-state index in [-0.39, 0.29) is 24.7 Å². The maximum absolute atomic E-state index is 13.5. The molecular formula is C13H16F4O. The lowest BCUT2D eigenvalue weighted by molar-refractivity contribution is -0.136. The average molecular weight is 264 g/mol. The van der Waals surface area contributed by atoms with Crippen molar-refractivity contribution in [1.29, 1.82) is 0 Å². The van der Waals surface area contributed by atoms with Gasteiger partial charge in [0, 0.05) is 6.42 Å². The molecule has 5 heteroatoms. The smallest absolute Gasteiger partial charge is 0.389 e. The molecule has 0 fully saturated rings. The van der Waals surface area contributed by atoms with Crippen molar-refractivity contribution in [2.24, 2.45) is 0 Å². The molecule has 18 heavy (non-hydrogen) atoms. The van der Waals surface area contributed by atoms with E-state index >= 15 is 0 Å². The van der Waals surface area contributed by atoms with Crippen molar-refractivity contribution in [2.75, 3.05) is 6.61 Å². The van der Waals surface area contributed by atoms with Crippen molar-refractivity contribution in [3.63, 3.8) is 0 Å². The Morgan fingerprint density at radius 2 is 1.89 bits per heavy atom. The molecule has 0 aliphatic carbocycles. The largest absolute Gasteiger partial charge is 0.491 e. The Balaban J connectivity index is 2.48. The summed E-state index contributed by atoms with van der Waals surface area (Å²) in [6.45, 7) is 3.72. The van der Waals surface area contributed by atoms with Gasteiger partial charge in [-0.1, -0.05) is 19.9 Å². The predicted molar refractivity (Wildman–Crippen MR) is 61.3 cm³/mol. The molecule has 0 heterocycles. The summed E-state index contributed by atoms with van der Waals surface area (Å²) >= 11 is 0. The Bertz CT molecular complexity index is 385. The molecule has 0 saturated carbocycles. The highest BCUT2D eigenvalue weighted by Crippen LogP contribution is 2.24. The fraction of sp³-hybridized carbons (Fsp3) is 0.538. The van der Waals surface area contributed by atoms with Crippen molar-refractivity contribution in [2.45, 2.75) is 38.8 Å². The number of ether oxygens (including phenoxy) is 1. The summed E-state index contributed by atoms with van der Waals surface area (Å²) in [6, 6.07) is 4.52. The highest BCUT2D eigenvalue weighted by molar-refractivity contribution is 5.30. The van der Waals surface area contributed by atoms with Crippen LogP contribution in [0.1, 0.15) is 38.2 Å². The van der Waals surface area contributed by atoms with Crippen LogP contribution in [0.5, 0.6) is 5.75 Å². The Kier molecular flexibility index (Phi) is 4.99. The zero-order chi connectivity index (χ0) is 13.8. The van der Waals surface area contributed by atoms with Crippen LogP contribution in [0.25, 0.3) is 0 Å². The van der Waals surface area contributed by atoms with Crippen LogP contribution in [0.2, 0.25) is 0 Å². The number of alkyl halides is 3. The molecule has 0 radical (unpaired) electrons. The molecule has 0 unspecified atom stereocenters. The van der Waals surface area contributed by atoms with Crippen molar-refractivity contribution in [1.82, 2.24) is 0 Å². The minimum atomic E-state index is -4.19. The highest BCUT2D eigenvalue weighted by atomic mass is 19.4. The Morgan fingerprint density at radius 3 is 2.39 bits per heavy atom. The number of halogens is 4. The Morgan fingerprint density at radius 1 is 1.22 bits per heavy atom. The summed E-state index contributed by atoms with van der Waals surface area (Å²) in [5.41, 5.74) is 0.829. The maximum Gasteiger partial charge on any atom is 0.389 e. The highest BCUT2D eigenvalue weighted by Gasteiger charge is 2.26. The SMILES string of the molecule is CC(C)c1ccc(OCCCC(F)(F)F)c(F)c1. The summed E-state index contributed by atoms with van der Waals surface area (Å²) < 4.78 is 54.1. The van der Waals surface area contributed by atoms with Gasteiger partial charge in [0.15, 0.2) is 11.6 Å². The van der Waals surface area contributed by atoms with Crippen LogP contribution >= 0.6 is 0 Å². The molecular weight excluding hydrogens is 248 g/mol. The van der Waals surface area contributed by atoms with Crippen molar-refractivity contribution < 1.29 is 22.3 Å². The lowest BCUT2D eigenvalue weighted by Gasteiger charge is -2.11. The normalized spacial score (nSPS) is 11.9. The first-order chi connectivity index (χ1) is 8.29. The molecule has 0 saturated heterocycles. The van der Waals surface area contributed by atoms with Crippen LogP contribution in [-0.2, 0) is 0 Å². The summed E-state index contributed by atoms with van der Waals surface area (Å²) in [7, 11) is 0. The maximum atomic E-state index is 13.5. The van der Waals surface area contributed by atoms with Crippen molar-refractivity contribution >= 4 is 0 Å². The molecule has 0 bridgehead atoms. The first kappa shape index (κ1) is 14.8. The van der Waals surface area contributed by atoms with E-state index in [0.29, 0.717) is 0 Å². The Labute approximate surface area is 104 Å². The third-order valence-electron chi connectivity index (χ3n) is 2.48. The molecule has 0 aliphatic rings. The van der Waals surface area contributed by atoms with E-state index in [1.807, 2.05) is 13.8 Å². The summed E-state index contributed by atoms with van der Waals surface area (Å²) in [5.74, 6) is -0.339. The lowest BCUT2D eigenvalue weighted by Crippen LogP contribution is -2.10. The van der Waals surface area contributed by atoms with E-state index in [1.54, 1.807) is 6.07 Å². The van der Waals surface area contributed by atoms with Crippen molar-refractivity contribution in [3.8, 4) is 5.75 Å². The van der Waals surface area contributed by atoms with E-state index in [9.17, 15) is 17.6 Å². The minimum absolute atomic E-state index is 0.00146. The van der Waals surface area contributed by atoms with Gasteiger partial charge in [0.05, 0.1) is 6.61 Å². The van der Waals surface area contributed by atoms with Crippen LogP contribution in [-0.4, -0.2) is 12.8 Å². The van der Waals surface area contributed by atoms with E-state index in [2.05, 4.69) is 0 Å². The van der Waals surface area contributed by atoms with Gasteiger partial charge < -0.3 is 4.74 Å². The first-order valence-electron chi connectivity index (χ1n) is 5.78. The third kappa shape index (κ3) is 4.94. The molecule has 1 nitrogen and oxygen atoms in total. The molecule has 0 aliphatic heterocycles. The topological polar surface area (TPSA) is 9.23 Å². The standard InChI is InChI=1S/C13H16F4O/c1-9(2)10-4-5-12(11(14)8-10)18-7-3-6-13(15,16)17/h4-5,8-9H,3,6-7H2,1-2H3. The molecule has 102 valence electrons. The summed E-state index contributed by atoms with van der Waals surface area (Å²) in [6.07, 6.45) is -5.28. The van der Waals surface area contributed by atoms with E-state index in [4.69, 9.17) is 4.74 Å². The van der Waals surface area contributed by atoms with E-state index in [1.165, 1.54) is 12.1 Å². The zero-order valence-corrected chi connectivity index (χ0v) is 10.4. The first-order valence-corrected chi connectivity index (χ1v) is 5.78. The van der Waals surface area contributed by atoms with Crippen LogP contribution in [0, 0.1) is 5.82 Å². The summed E-state index contributed by atoms with van der Waals surface area (Å²) in [5, 5.41) is 0. The van der Waals surface area contributed by atoms with Crippen LogP contribution in [0.15, 0.2) is 18.2 Å². The number of benzene rings is 1. The van der Waals surface area contributed by atoms with Crippen LogP contribution < -0.4 is 4.74 Å². The molecule has 1 aromatic carbocycles. The molecule has 0 amide bonds. The third-order valence-corrected chi connectivity index (χ3v) is 2.48. The van der Waals surface area contributed by atoms with E-state index in [0.717, 1.165) is 5.56 Å². The molecule has 0 spiro atoms. The second-order valence-corrected chi connectivity index (χ2v) is 4.41. The molecule has 1 aromatic rings. The number of hydrogen-bond acceptors (Lipinski definition) is 1. The molecule has 0 atom stereocenters. The lowest BCUT2D eigenvalue weighted by atomic mass is 10.0. The van der Waals surface area contributed by atoms with Crippen LogP contribution in [0.4, 0.5) is 17.6 Å². The quantitative estimate of drug-likeness (QED) is 0.554. The van der Waals surface area contributed by atoms with Gasteiger partial charge in [-0.2, -0.15) is 13.2 Å². The summed E-state index contributed by atoms with van der Waals surface area (Å²) in [4.78, 5) is 0. The zero-order valence-electron chi connectivity index (χ0n) is 10.4. The van der Waals surface area contributed by atoms with Gasteiger partial charge in [0.25, 0.3) is 0 Å². The molecule has 0 aromatic heterocycles. The van der Waals surface area contributed by atoms with Gasteiger partial charge >= 0.3 is 6.18 Å². The second-order valence-electron chi connectivity index (χ2n) is 4.41. The van der Waals surface area contributed by atoms with Crippen LogP contribution in [0.3, 0.4) is 0 Å². The average Bonchev–Trinajstić information content (AvgIpc) is 2.24. The van der Waals surface area contributed by atoms with E-state index < -0.39 is 18.4 Å². The number of rotatable bonds is 5. The minimum Gasteiger partial charge on any atom is -0.491 e. The van der Waals surface area contributed by atoms with Gasteiger partial charge in [0.2, 0.25) is 0 Å². The monoisotopic (exact) mass is 264 g/mol. The molecule has 1 rings (SSSR count). The predicted octanol–water partition coefficient (Wildman–Crippen LogP) is 4.67. The van der Waals surface area contributed by atoms with Gasteiger partial charge in [0.1, 0.15) is 0 Å². The van der Waals surface area contributed by atoms with Gasteiger partial charge in [-0.25, -0.2) is 4.39 Å². The van der Waals surface area contributed by atoms with Gasteiger partial charge in [-0.3, -0.25) is 0 Å². The fourth-order valence-electron chi connectivity index (χ4n) is 1.45. The fourth-order valence-corrected chi connectivity index (χ4v) is 1.45. The second kappa shape index (κ2) is 6.07. The molecule has 0 N–H and O–H groups in total. The van der Waals surface area contributed by atoms with Gasteiger partial charge in [-0.15, -0.1) is 0 Å².